The highest BCUT2D eigenvalue weighted by Crippen LogP contribution is 2.40. The Balaban J connectivity index is 1.52. The Morgan fingerprint density at radius 1 is 1.12 bits per heavy atom. The number of amides is 2. The van der Waals surface area contributed by atoms with Crippen LogP contribution in [-0.2, 0) is 11.4 Å². The molecular formula is C27H30ClNO4S. The average Bonchev–Trinajstić information content (AvgIpc) is 3.07. The van der Waals surface area contributed by atoms with E-state index in [0.29, 0.717) is 52.7 Å². The third kappa shape index (κ3) is 5.97. The zero-order chi connectivity index (χ0) is 24.1. The molecule has 0 radical (unpaired) electrons. The maximum absolute atomic E-state index is 13.0. The number of carbonyl (C=O) groups is 2. The Bertz CT molecular complexity index is 1090. The number of rotatable bonds is 8. The lowest BCUT2D eigenvalue weighted by atomic mass is 9.89. The minimum absolute atomic E-state index is 0.198. The van der Waals surface area contributed by atoms with Crippen LogP contribution in [0.1, 0.15) is 55.7 Å². The van der Waals surface area contributed by atoms with Crippen LogP contribution in [-0.4, -0.2) is 29.2 Å². The molecular weight excluding hydrogens is 470 g/mol. The summed E-state index contributed by atoms with van der Waals surface area (Å²) in [6.45, 7) is 5.24. The molecule has 0 unspecified atom stereocenters. The number of aryl methyl sites for hydroxylation is 1. The van der Waals surface area contributed by atoms with E-state index in [1.54, 1.807) is 18.2 Å². The number of carbonyl (C=O) groups excluding carboxylic acids is 2. The molecule has 2 fully saturated rings. The molecule has 2 aromatic rings. The molecule has 4 rings (SSSR count). The van der Waals surface area contributed by atoms with Crippen molar-refractivity contribution in [2.24, 2.45) is 5.92 Å². The SMILES string of the molecule is CCOc1cc(/C=C2/SC(=O)N(CC3CCCCC3)C2=O)cc(Cl)c1OCc1cccc(C)c1. The summed E-state index contributed by atoms with van der Waals surface area (Å²) in [5.41, 5.74) is 2.89. The molecule has 0 N–H and O–H groups in total. The summed E-state index contributed by atoms with van der Waals surface area (Å²) in [6, 6.07) is 11.6. The van der Waals surface area contributed by atoms with Crippen molar-refractivity contribution in [1.82, 2.24) is 4.90 Å². The van der Waals surface area contributed by atoms with Gasteiger partial charge in [-0.2, -0.15) is 0 Å². The van der Waals surface area contributed by atoms with Gasteiger partial charge in [-0.25, -0.2) is 0 Å². The van der Waals surface area contributed by atoms with Gasteiger partial charge in [0.15, 0.2) is 11.5 Å². The van der Waals surface area contributed by atoms with Crippen LogP contribution in [0.15, 0.2) is 41.3 Å². The highest BCUT2D eigenvalue weighted by Gasteiger charge is 2.36. The number of hydrogen-bond acceptors (Lipinski definition) is 5. The molecule has 0 bridgehead atoms. The van der Waals surface area contributed by atoms with Gasteiger partial charge in [0.25, 0.3) is 11.1 Å². The lowest BCUT2D eigenvalue weighted by molar-refractivity contribution is -0.123. The molecule has 34 heavy (non-hydrogen) atoms. The number of hydrogen-bond donors (Lipinski definition) is 0. The summed E-state index contributed by atoms with van der Waals surface area (Å²) >= 11 is 7.56. The Kier molecular flexibility index (Phi) is 8.22. The van der Waals surface area contributed by atoms with Crippen LogP contribution in [0.25, 0.3) is 6.08 Å². The minimum Gasteiger partial charge on any atom is -0.490 e. The largest absolute Gasteiger partial charge is 0.490 e. The van der Waals surface area contributed by atoms with Crippen molar-refractivity contribution in [3.63, 3.8) is 0 Å². The number of nitrogens with zero attached hydrogens (tertiary/aromatic N) is 1. The monoisotopic (exact) mass is 499 g/mol. The molecule has 7 heteroatoms. The molecule has 0 spiro atoms. The van der Waals surface area contributed by atoms with Gasteiger partial charge in [-0.15, -0.1) is 0 Å². The van der Waals surface area contributed by atoms with Crippen LogP contribution in [0.2, 0.25) is 5.02 Å². The normalized spacial score (nSPS) is 18.1. The first-order chi connectivity index (χ1) is 16.4. The predicted octanol–water partition coefficient (Wildman–Crippen LogP) is 7.24. The molecule has 1 saturated heterocycles. The quantitative estimate of drug-likeness (QED) is 0.358. The summed E-state index contributed by atoms with van der Waals surface area (Å²) in [7, 11) is 0. The molecule has 180 valence electrons. The fourth-order valence-electron chi connectivity index (χ4n) is 4.47. The number of halogens is 1. The molecule has 1 aliphatic heterocycles. The van der Waals surface area contributed by atoms with Gasteiger partial charge >= 0.3 is 0 Å². The first-order valence-electron chi connectivity index (χ1n) is 11.8. The first-order valence-corrected chi connectivity index (χ1v) is 13.0. The van der Waals surface area contributed by atoms with E-state index < -0.39 is 0 Å². The van der Waals surface area contributed by atoms with Gasteiger partial charge in [-0.05, 0) is 73.7 Å². The smallest absolute Gasteiger partial charge is 0.293 e. The van der Waals surface area contributed by atoms with Gasteiger partial charge < -0.3 is 9.47 Å². The fraction of sp³-hybridized carbons (Fsp3) is 0.407. The van der Waals surface area contributed by atoms with E-state index in [0.717, 1.165) is 35.7 Å². The Morgan fingerprint density at radius 2 is 1.91 bits per heavy atom. The zero-order valence-corrected chi connectivity index (χ0v) is 21.2. The van der Waals surface area contributed by atoms with Gasteiger partial charge in [0, 0.05) is 6.54 Å². The Morgan fingerprint density at radius 3 is 2.65 bits per heavy atom. The van der Waals surface area contributed by atoms with Crippen molar-refractivity contribution in [3.8, 4) is 11.5 Å². The molecule has 1 heterocycles. The van der Waals surface area contributed by atoms with Gasteiger partial charge in [-0.1, -0.05) is 60.7 Å². The van der Waals surface area contributed by atoms with Gasteiger partial charge in [0.05, 0.1) is 16.5 Å². The number of imide groups is 1. The highest BCUT2D eigenvalue weighted by atomic mass is 35.5. The predicted molar refractivity (Wildman–Crippen MR) is 137 cm³/mol. The van der Waals surface area contributed by atoms with Gasteiger partial charge in [-0.3, -0.25) is 14.5 Å². The second-order valence-electron chi connectivity index (χ2n) is 8.84. The molecule has 0 atom stereocenters. The summed E-state index contributed by atoms with van der Waals surface area (Å²) in [5.74, 6) is 1.16. The number of ether oxygens (including phenoxy) is 2. The molecule has 1 aliphatic carbocycles. The lowest BCUT2D eigenvalue weighted by Gasteiger charge is -2.25. The first kappa shape index (κ1) is 24.7. The van der Waals surface area contributed by atoms with E-state index in [-0.39, 0.29) is 11.1 Å². The maximum Gasteiger partial charge on any atom is 0.293 e. The van der Waals surface area contributed by atoms with Crippen LogP contribution >= 0.6 is 23.4 Å². The maximum atomic E-state index is 13.0. The second-order valence-corrected chi connectivity index (χ2v) is 10.2. The van der Waals surface area contributed by atoms with Crippen LogP contribution in [0, 0.1) is 12.8 Å². The van der Waals surface area contributed by atoms with Crippen LogP contribution < -0.4 is 9.47 Å². The topological polar surface area (TPSA) is 55.8 Å². The van der Waals surface area contributed by atoms with Crippen LogP contribution in [0.3, 0.4) is 0 Å². The minimum atomic E-state index is -0.227. The molecule has 2 aromatic carbocycles. The fourth-order valence-corrected chi connectivity index (χ4v) is 5.59. The summed E-state index contributed by atoms with van der Waals surface area (Å²) in [5, 5.41) is 0.197. The highest BCUT2D eigenvalue weighted by molar-refractivity contribution is 8.18. The number of thioether (sulfide) groups is 1. The molecule has 2 aliphatic rings. The van der Waals surface area contributed by atoms with Gasteiger partial charge in [0.1, 0.15) is 6.61 Å². The van der Waals surface area contributed by atoms with Crippen molar-refractivity contribution in [2.75, 3.05) is 13.2 Å². The van der Waals surface area contributed by atoms with Crippen LogP contribution in [0.4, 0.5) is 4.79 Å². The molecule has 1 saturated carbocycles. The van der Waals surface area contributed by atoms with Gasteiger partial charge in [0.2, 0.25) is 0 Å². The van der Waals surface area contributed by atoms with E-state index in [9.17, 15) is 9.59 Å². The molecule has 5 nitrogen and oxygen atoms in total. The van der Waals surface area contributed by atoms with Crippen molar-refractivity contribution in [3.05, 3.63) is 63.0 Å². The molecule has 0 aromatic heterocycles. The zero-order valence-electron chi connectivity index (χ0n) is 19.6. The molecule has 2 amide bonds. The van der Waals surface area contributed by atoms with E-state index in [4.69, 9.17) is 21.1 Å². The van der Waals surface area contributed by atoms with E-state index in [2.05, 4.69) is 6.07 Å². The van der Waals surface area contributed by atoms with Crippen molar-refractivity contribution in [2.45, 2.75) is 52.6 Å². The van der Waals surface area contributed by atoms with Crippen LogP contribution in [0.5, 0.6) is 11.5 Å². The Labute approximate surface area is 210 Å². The lowest BCUT2D eigenvalue weighted by Crippen LogP contribution is -2.34. The van der Waals surface area contributed by atoms with Crippen molar-refractivity contribution >= 4 is 40.6 Å². The summed E-state index contributed by atoms with van der Waals surface area (Å²) in [6.07, 6.45) is 7.47. The van der Waals surface area contributed by atoms with E-state index in [1.807, 2.05) is 32.0 Å². The standard InChI is InChI=1S/C27H30ClNO4S/c1-3-32-23-14-21(13-22(28)25(23)33-17-20-11-7-8-18(2)12-20)15-24-26(30)29(27(31)34-24)16-19-9-5-4-6-10-19/h7-8,11-15,19H,3-6,9-10,16-17H2,1-2H3/b24-15+. The summed E-state index contributed by atoms with van der Waals surface area (Å²) < 4.78 is 11.8. The number of benzene rings is 2. The van der Waals surface area contributed by atoms with E-state index >= 15 is 0 Å². The summed E-state index contributed by atoms with van der Waals surface area (Å²) in [4.78, 5) is 27.3. The average molecular weight is 500 g/mol. The third-order valence-electron chi connectivity index (χ3n) is 6.13. The Hall–Kier alpha value is -2.44. The van der Waals surface area contributed by atoms with Crippen molar-refractivity contribution in [1.29, 1.82) is 0 Å². The third-order valence-corrected chi connectivity index (χ3v) is 7.32. The second kappa shape index (κ2) is 11.3. The van der Waals surface area contributed by atoms with E-state index in [1.165, 1.54) is 24.2 Å². The van der Waals surface area contributed by atoms with Crippen molar-refractivity contribution < 1.29 is 19.1 Å².